The molecule has 1 aromatic carbocycles. The van der Waals surface area contributed by atoms with Gasteiger partial charge in [-0.3, -0.25) is 10.1 Å². The molecule has 0 atom stereocenters. The Morgan fingerprint density at radius 2 is 1.67 bits per heavy atom. The van der Waals surface area contributed by atoms with Gasteiger partial charge in [-0.05, 0) is 61.0 Å². The second-order valence-corrected chi connectivity index (χ2v) is 6.81. The van der Waals surface area contributed by atoms with Gasteiger partial charge in [0, 0.05) is 6.20 Å². The summed E-state index contributed by atoms with van der Waals surface area (Å²) in [5, 5.41) is 5.38. The lowest BCUT2D eigenvalue weighted by molar-refractivity contribution is 0.0635. The van der Waals surface area contributed by atoms with Crippen LogP contribution in [0.1, 0.15) is 31.1 Å². The Morgan fingerprint density at radius 3 is 2.21 bits per heavy atom. The minimum Gasteiger partial charge on any atom is -0.444 e. The molecular weight excluding hydrogens is 374 g/mol. The van der Waals surface area contributed by atoms with Gasteiger partial charge in [-0.15, -0.1) is 0 Å². The molecule has 0 saturated heterocycles. The summed E-state index contributed by atoms with van der Waals surface area (Å²) in [6, 6.07) is 10.2. The van der Waals surface area contributed by atoms with Crippen molar-refractivity contribution in [2.45, 2.75) is 26.4 Å². The van der Waals surface area contributed by atoms with E-state index < -0.39 is 11.7 Å². The Balaban J connectivity index is 2.12. The first kappa shape index (κ1) is 17.9. The second kappa shape index (κ2) is 7.44. The minimum atomic E-state index is -0.606. The van der Waals surface area contributed by atoms with Gasteiger partial charge in [-0.2, -0.15) is 0 Å². The minimum absolute atomic E-state index is 0.326. The van der Waals surface area contributed by atoms with Crippen LogP contribution >= 0.6 is 15.9 Å². The highest BCUT2D eigenvalue weighted by Gasteiger charge is 2.17. The summed E-state index contributed by atoms with van der Waals surface area (Å²) in [7, 11) is 0. The number of amides is 2. The lowest BCUT2D eigenvalue weighted by atomic mass is 10.2. The molecular formula is C17H18BrN3O3. The van der Waals surface area contributed by atoms with E-state index in [4.69, 9.17) is 4.74 Å². The molecule has 6 nitrogen and oxygen atoms in total. The Hall–Kier alpha value is -2.41. The molecule has 0 bridgehead atoms. The molecule has 7 heteroatoms. The van der Waals surface area contributed by atoms with Gasteiger partial charge in [0.15, 0.2) is 0 Å². The van der Waals surface area contributed by atoms with Gasteiger partial charge in [0.2, 0.25) is 0 Å². The molecule has 0 unspecified atom stereocenters. The third-order valence-electron chi connectivity index (χ3n) is 2.80. The lowest BCUT2D eigenvalue weighted by Gasteiger charge is -2.20. The number of rotatable bonds is 3. The van der Waals surface area contributed by atoms with Crippen LogP contribution < -0.4 is 10.6 Å². The summed E-state index contributed by atoms with van der Waals surface area (Å²) in [4.78, 5) is 28.2. The molecule has 0 saturated carbocycles. The zero-order valence-corrected chi connectivity index (χ0v) is 15.2. The monoisotopic (exact) mass is 391 g/mol. The molecule has 24 heavy (non-hydrogen) atoms. The van der Waals surface area contributed by atoms with Crippen molar-refractivity contribution < 1.29 is 14.3 Å². The zero-order valence-electron chi connectivity index (χ0n) is 13.6. The van der Waals surface area contributed by atoms with Crippen molar-refractivity contribution >= 4 is 39.3 Å². The Bertz CT molecular complexity index is 739. The van der Waals surface area contributed by atoms with E-state index in [0.29, 0.717) is 21.5 Å². The molecule has 1 heterocycles. The number of anilines is 2. The first-order valence-electron chi connectivity index (χ1n) is 7.26. The van der Waals surface area contributed by atoms with Crippen LogP contribution in [0.5, 0.6) is 0 Å². The van der Waals surface area contributed by atoms with Crippen LogP contribution in [0.2, 0.25) is 0 Å². The number of hydrogen-bond acceptors (Lipinski definition) is 4. The molecule has 1 aromatic heterocycles. The van der Waals surface area contributed by atoms with Crippen LogP contribution in [0.15, 0.2) is 47.2 Å². The van der Waals surface area contributed by atoms with E-state index in [1.54, 1.807) is 57.2 Å². The van der Waals surface area contributed by atoms with Crippen molar-refractivity contribution in [2.75, 3.05) is 10.6 Å². The molecule has 2 rings (SSSR count). The summed E-state index contributed by atoms with van der Waals surface area (Å²) in [5.74, 6) is -0.326. The quantitative estimate of drug-likeness (QED) is 0.757. The Morgan fingerprint density at radius 1 is 1.04 bits per heavy atom. The van der Waals surface area contributed by atoms with Gasteiger partial charge in [0.05, 0.1) is 16.9 Å². The number of benzene rings is 1. The summed E-state index contributed by atoms with van der Waals surface area (Å²) in [6.45, 7) is 5.34. The summed E-state index contributed by atoms with van der Waals surface area (Å²) in [6.07, 6.45) is 0.873. The number of pyridine rings is 1. The second-order valence-electron chi connectivity index (χ2n) is 6.00. The van der Waals surface area contributed by atoms with Crippen molar-refractivity contribution in [3.63, 3.8) is 0 Å². The zero-order chi connectivity index (χ0) is 17.7. The highest BCUT2D eigenvalue weighted by molar-refractivity contribution is 9.10. The van der Waals surface area contributed by atoms with Gasteiger partial charge in [-0.1, -0.05) is 12.1 Å². The van der Waals surface area contributed by atoms with Crippen LogP contribution in [0.3, 0.4) is 0 Å². The van der Waals surface area contributed by atoms with Gasteiger partial charge >= 0.3 is 6.09 Å². The first-order valence-corrected chi connectivity index (χ1v) is 8.06. The average molecular weight is 392 g/mol. The maximum Gasteiger partial charge on any atom is 0.412 e. The normalized spacial score (nSPS) is 10.8. The topological polar surface area (TPSA) is 80.3 Å². The molecule has 2 aromatic rings. The summed E-state index contributed by atoms with van der Waals surface area (Å²) < 4.78 is 5.87. The van der Waals surface area contributed by atoms with Gasteiger partial charge in [0.1, 0.15) is 10.2 Å². The van der Waals surface area contributed by atoms with Gasteiger partial charge in [-0.25, -0.2) is 9.78 Å². The van der Waals surface area contributed by atoms with Crippen molar-refractivity contribution in [3.8, 4) is 0 Å². The predicted octanol–water partition coefficient (Wildman–Crippen LogP) is 4.44. The lowest BCUT2D eigenvalue weighted by Crippen LogP contribution is -2.27. The van der Waals surface area contributed by atoms with Gasteiger partial charge < -0.3 is 10.1 Å². The number of nitrogens with zero attached hydrogens (tertiary/aromatic N) is 1. The van der Waals surface area contributed by atoms with E-state index in [0.717, 1.165) is 0 Å². The van der Waals surface area contributed by atoms with Crippen LogP contribution in [-0.2, 0) is 4.74 Å². The fourth-order valence-corrected chi connectivity index (χ4v) is 2.05. The standard InChI is InChI=1S/C17H18BrN3O3/c1-17(2,3)24-16(23)21-13-7-5-4-6-12(13)20-15(22)11-8-9-14(18)19-10-11/h4-10H,1-3H3,(H,20,22)(H,21,23). The molecule has 0 aliphatic rings. The fourth-order valence-electron chi connectivity index (χ4n) is 1.82. The van der Waals surface area contributed by atoms with Crippen molar-refractivity contribution in [1.82, 2.24) is 4.98 Å². The third-order valence-corrected chi connectivity index (χ3v) is 3.27. The highest BCUT2D eigenvalue weighted by atomic mass is 79.9. The summed E-state index contributed by atoms with van der Waals surface area (Å²) >= 11 is 3.22. The number of carbonyl (C=O) groups is 2. The smallest absolute Gasteiger partial charge is 0.412 e. The van der Waals surface area contributed by atoms with E-state index in [-0.39, 0.29) is 5.91 Å². The number of carbonyl (C=O) groups excluding carboxylic acids is 2. The Kier molecular flexibility index (Phi) is 5.56. The highest BCUT2D eigenvalue weighted by Crippen LogP contribution is 2.23. The van der Waals surface area contributed by atoms with Crippen molar-refractivity contribution in [1.29, 1.82) is 0 Å². The largest absolute Gasteiger partial charge is 0.444 e. The number of aromatic nitrogens is 1. The average Bonchev–Trinajstić information content (AvgIpc) is 2.48. The first-order chi connectivity index (χ1) is 11.2. The predicted molar refractivity (Wildman–Crippen MR) is 96.2 cm³/mol. The number of ether oxygens (including phenoxy) is 1. The maximum absolute atomic E-state index is 12.3. The molecule has 2 N–H and O–H groups in total. The molecule has 126 valence electrons. The molecule has 0 fully saturated rings. The van der Waals surface area contributed by atoms with E-state index in [1.807, 2.05) is 0 Å². The van der Waals surface area contributed by atoms with E-state index >= 15 is 0 Å². The van der Waals surface area contributed by atoms with Gasteiger partial charge in [0.25, 0.3) is 5.91 Å². The SMILES string of the molecule is CC(C)(C)OC(=O)Nc1ccccc1NC(=O)c1ccc(Br)nc1. The summed E-state index contributed by atoms with van der Waals surface area (Å²) in [5.41, 5.74) is 0.720. The maximum atomic E-state index is 12.3. The van der Waals surface area contributed by atoms with E-state index in [2.05, 4.69) is 31.5 Å². The van der Waals surface area contributed by atoms with Crippen molar-refractivity contribution in [3.05, 3.63) is 52.8 Å². The number of hydrogen-bond donors (Lipinski definition) is 2. The van der Waals surface area contributed by atoms with Crippen molar-refractivity contribution in [2.24, 2.45) is 0 Å². The Labute approximate surface area is 148 Å². The van der Waals surface area contributed by atoms with Crippen LogP contribution in [0.4, 0.5) is 16.2 Å². The number of halogens is 1. The molecule has 2 amide bonds. The molecule has 0 spiro atoms. The van der Waals surface area contributed by atoms with E-state index in [9.17, 15) is 9.59 Å². The van der Waals surface area contributed by atoms with E-state index in [1.165, 1.54) is 6.20 Å². The third kappa shape index (κ3) is 5.34. The van der Waals surface area contributed by atoms with Crippen LogP contribution in [0.25, 0.3) is 0 Å². The van der Waals surface area contributed by atoms with Crippen LogP contribution in [-0.4, -0.2) is 22.6 Å². The molecule has 0 radical (unpaired) electrons. The fraction of sp³-hybridized carbons (Fsp3) is 0.235. The van der Waals surface area contributed by atoms with Crippen LogP contribution in [0, 0.1) is 0 Å². The molecule has 0 aliphatic heterocycles. The molecule has 0 aliphatic carbocycles. The number of nitrogens with one attached hydrogen (secondary N) is 2. The number of para-hydroxylation sites is 2.